The van der Waals surface area contributed by atoms with Crippen molar-refractivity contribution >= 4 is 17.2 Å². The Balaban J connectivity index is 1.65. The Morgan fingerprint density at radius 3 is 3.15 bits per heavy atom. The van der Waals surface area contributed by atoms with E-state index in [2.05, 4.69) is 20.6 Å². The summed E-state index contributed by atoms with van der Waals surface area (Å²) in [5, 5.41) is 15.8. The Labute approximate surface area is 119 Å². The molecule has 3 rings (SSSR count). The largest absolute Gasteiger partial charge is 0.346 e. The highest BCUT2D eigenvalue weighted by atomic mass is 32.1. The average molecular weight is 287 g/mol. The minimum Gasteiger partial charge on any atom is -0.346 e. The normalized spacial score (nSPS) is 10.7. The summed E-state index contributed by atoms with van der Waals surface area (Å²) in [6, 6.07) is 5.70. The van der Waals surface area contributed by atoms with E-state index in [-0.39, 0.29) is 5.91 Å². The van der Waals surface area contributed by atoms with Crippen LogP contribution in [0, 0.1) is 0 Å². The third-order valence-electron chi connectivity index (χ3n) is 2.81. The highest BCUT2D eigenvalue weighted by Crippen LogP contribution is 2.22. The first-order chi connectivity index (χ1) is 9.72. The van der Waals surface area contributed by atoms with Crippen LogP contribution in [0.15, 0.2) is 36.0 Å². The summed E-state index contributed by atoms with van der Waals surface area (Å²) in [7, 11) is 1.84. The fourth-order valence-electron chi connectivity index (χ4n) is 1.83. The molecule has 0 unspecified atom stereocenters. The quantitative estimate of drug-likeness (QED) is 0.768. The number of aryl methyl sites for hydroxylation is 1. The fourth-order valence-corrected chi connectivity index (χ4v) is 2.52. The number of carbonyl (C=O) groups is 1. The van der Waals surface area contributed by atoms with Crippen LogP contribution in [0.4, 0.5) is 0 Å². The summed E-state index contributed by atoms with van der Waals surface area (Å²) in [4.78, 5) is 13.0. The monoisotopic (exact) mass is 287 g/mol. The van der Waals surface area contributed by atoms with Gasteiger partial charge in [-0.05, 0) is 17.5 Å². The zero-order chi connectivity index (χ0) is 13.9. The Morgan fingerprint density at radius 2 is 2.45 bits per heavy atom. The Bertz CT molecular complexity index is 713. The van der Waals surface area contributed by atoms with Gasteiger partial charge in [0.25, 0.3) is 5.91 Å². The van der Waals surface area contributed by atoms with Crippen molar-refractivity contribution in [3.63, 3.8) is 0 Å². The van der Waals surface area contributed by atoms with E-state index in [4.69, 9.17) is 0 Å². The number of carbonyl (C=O) groups excluding carboxylic acids is 1. The van der Waals surface area contributed by atoms with Crippen LogP contribution in [-0.4, -0.2) is 25.9 Å². The molecule has 102 valence electrons. The lowest BCUT2D eigenvalue weighted by Crippen LogP contribution is -2.22. The topological polar surface area (TPSA) is 75.6 Å². The summed E-state index contributed by atoms with van der Waals surface area (Å²) in [5.74, 6) is -0.201. The van der Waals surface area contributed by atoms with Crippen molar-refractivity contribution in [1.29, 1.82) is 0 Å². The molecule has 0 saturated heterocycles. The lowest BCUT2D eigenvalue weighted by Gasteiger charge is -1.99. The first kappa shape index (κ1) is 12.6. The molecule has 0 saturated carbocycles. The lowest BCUT2D eigenvalue weighted by molar-refractivity contribution is 0.0946. The van der Waals surface area contributed by atoms with Crippen LogP contribution in [0.2, 0.25) is 0 Å². The molecule has 6 nitrogen and oxygen atoms in total. The summed E-state index contributed by atoms with van der Waals surface area (Å²) < 4.78 is 1.70. The molecule has 3 aromatic heterocycles. The van der Waals surface area contributed by atoms with E-state index in [1.54, 1.807) is 28.3 Å². The zero-order valence-corrected chi connectivity index (χ0v) is 11.6. The summed E-state index contributed by atoms with van der Waals surface area (Å²) in [6.45, 7) is 0.438. The Hall–Kier alpha value is -2.41. The van der Waals surface area contributed by atoms with Gasteiger partial charge in [0, 0.05) is 25.4 Å². The number of amides is 1. The lowest BCUT2D eigenvalue weighted by atomic mass is 10.3. The number of hydrogen-bond donors (Lipinski definition) is 2. The molecule has 0 radical (unpaired) electrons. The van der Waals surface area contributed by atoms with Crippen molar-refractivity contribution in [2.24, 2.45) is 7.05 Å². The highest BCUT2D eigenvalue weighted by Gasteiger charge is 2.11. The maximum Gasteiger partial charge on any atom is 0.272 e. The molecule has 3 heterocycles. The maximum absolute atomic E-state index is 12.0. The second-order valence-electron chi connectivity index (χ2n) is 4.35. The van der Waals surface area contributed by atoms with Gasteiger partial charge in [-0.25, -0.2) is 0 Å². The van der Waals surface area contributed by atoms with E-state index in [9.17, 15) is 4.79 Å². The second-order valence-corrected chi connectivity index (χ2v) is 5.30. The van der Waals surface area contributed by atoms with Crippen LogP contribution in [0.1, 0.15) is 16.1 Å². The van der Waals surface area contributed by atoms with Gasteiger partial charge in [-0.1, -0.05) is 6.07 Å². The van der Waals surface area contributed by atoms with E-state index in [0.717, 1.165) is 16.1 Å². The van der Waals surface area contributed by atoms with Crippen LogP contribution in [0.25, 0.3) is 10.6 Å². The summed E-state index contributed by atoms with van der Waals surface area (Å²) >= 11 is 1.60. The molecule has 20 heavy (non-hydrogen) atoms. The minimum atomic E-state index is -0.201. The van der Waals surface area contributed by atoms with Gasteiger partial charge in [0.15, 0.2) is 5.69 Å². The number of H-pyrrole nitrogens is 1. The van der Waals surface area contributed by atoms with Gasteiger partial charge < -0.3 is 5.32 Å². The van der Waals surface area contributed by atoms with Crippen LogP contribution in [-0.2, 0) is 13.6 Å². The Morgan fingerprint density at radius 1 is 1.55 bits per heavy atom. The average Bonchev–Trinajstić information content (AvgIpc) is 3.16. The third kappa shape index (κ3) is 2.62. The molecule has 0 aromatic carbocycles. The van der Waals surface area contributed by atoms with E-state index < -0.39 is 0 Å². The number of hydrogen-bond acceptors (Lipinski definition) is 4. The first-order valence-corrected chi connectivity index (χ1v) is 6.95. The van der Waals surface area contributed by atoms with Crippen molar-refractivity contribution in [3.05, 3.63) is 47.2 Å². The van der Waals surface area contributed by atoms with Gasteiger partial charge in [0.2, 0.25) is 0 Å². The van der Waals surface area contributed by atoms with Crippen LogP contribution in [0.5, 0.6) is 0 Å². The van der Waals surface area contributed by atoms with Crippen LogP contribution < -0.4 is 5.32 Å². The number of aromatic nitrogens is 4. The van der Waals surface area contributed by atoms with Gasteiger partial charge in [-0.3, -0.25) is 14.6 Å². The van der Waals surface area contributed by atoms with Crippen LogP contribution in [0.3, 0.4) is 0 Å². The maximum atomic E-state index is 12.0. The Kier molecular flexibility index (Phi) is 3.34. The van der Waals surface area contributed by atoms with E-state index in [0.29, 0.717) is 12.2 Å². The molecule has 0 aliphatic rings. The summed E-state index contributed by atoms with van der Waals surface area (Å²) in [6.07, 6.45) is 3.59. The number of aromatic amines is 1. The van der Waals surface area contributed by atoms with Gasteiger partial charge >= 0.3 is 0 Å². The van der Waals surface area contributed by atoms with Crippen LogP contribution >= 0.6 is 11.3 Å². The van der Waals surface area contributed by atoms with Crippen molar-refractivity contribution in [3.8, 4) is 10.6 Å². The molecule has 0 aliphatic carbocycles. The number of thiophene rings is 1. The van der Waals surface area contributed by atoms with Gasteiger partial charge in [0.1, 0.15) is 0 Å². The van der Waals surface area contributed by atoms with Crippen molar-refractivity contribution < 1.29 is 4.79 Å². The molecule has 2 N–H and O–H groups in total. The molecule has 0 bridgehead atoms. The molecule has 0 fully saturated rings. The standard InChI is InChI=1S/C13H13N5OS/c1-18-8-9(7-15-18)6-14-13(19)11-5-10(16-17-11)12-3-2-4-20-12/h2-5,7-8H,6H2,1H3,(H,14,19)(H,16,17). The fraction of sp³-hybridized carbons (Fsp3) is 0.154. The van der Waals surface area contributed by atoms with E-state index in [1.165, 1.54) is 0 Å². The molecule has 0 atom stereocenters. The molecule has 0 spiro atoms. The van der Waals surface area contributed by atoms with Crippen molar-refractivity contribution in [2.75, 3.05) is 0 Å². The van der Waals surface area contributed by atoms with E-state index >= 15 is 0 Å². The number of nitrogens with one attached hydrogen (secondary N) is 2. The molecular formula is C13H13N5OS. The molecule has 1 amide bonds. The summed E-state index contributed by atoms with van der Waals surface area (Å²) in [5.41, 5.74) is 2.19. The number of nitrogens with zero attached hydrogens (tertiary/aromatic N) is 3. The van der Waals surface area contributed by atoms with Crippen molar-refractivity contribution in [1.82, 2.24) is 25.3 Å². The van der Waals surface area contributed by atoms with E-state index in [1.807, 2.05) is 30.8 Å². The molecule has 0 aliphatic heterocycles. The first-order valence-electron chi connectivity index (χ1n) is 6.07. The van der Waals surface area contributed by atoms with Gasteiger partial charge in [0.05, 0.1) is 16.8 Å². The zero-order valence-electron chi connectivity index (χ0n) is 10.8. The van der Waals surface area contributed by atoms with Gasteiger partial charge in [-0.2, -0.15) is 10.2 Å². The third-order valence-corrected chi connectivity index (χ3v) is 3.71. The predicted octanol–water partition coefficient (Wildman–Crippen LogP) is 1.80. The second kappa shape index (κ2) is 5.30. The minimum absolute atomic E-state index is 0.201. The highest BCUT2D eigenvalue weighted by molar-refractivity contribution is 7.13. The molecule has 7 heteroatoms. The molecular weight excluding hydrogens is 274 g/mol. The predicted molar refractivity (Wildman–Crippen MR) is 76.3 cm³/mol. The van der Waals surface area contributed by atoms with Crippen molar-refractivity contribution in [2.45, 2.75) is 6.54 Å². The SMILES string of the molecule is Cn1cc(CNC(=O)c2cc(-c3cccs3)[nH]n2)cn1. The van der Waals surface area contributed by atoms with Gasteiger partial charge in [-0.15, -0.1) is 11.3 Å². The molecule has 3 aromatic rings. The smallest absolute Gasteiger partial charge is 0.272 e. The number of rotatable bonds is 4.